The highest BCUT2D eigenvalue weighted by molar-refractivity contribution is 5.98. The summed E-state index contributed by atoms with van der Waals surface area (Å²) in [5.41, 5.74) is 14.0. The number of aryl methyl sites for hydroxylation is 4. The highest BCUT2D eigenvalue weighted by Crippen LogP contribution is 2.29. The van der Waals surface area contributed by atoms with Gasteiger partial charge in [-0.2, -0.15) is 0 Å². The summed E-state index contributed by atoms with van der Waals surface area (Å²) < 4.78 is 0. The fourth-order valence-corrected chi connectivity index (χ4v) is 4.46. The number of rotatable bonds is 3. The zero-order valence-electron chi connectivity index (χ0n) is 18.0. The van der Waals surface area contributed by atoms with Crippen LogP contribution >= 0.6 is 12.4 Å². The van der Waals surface area contributed by atoms with E-state index in [1.807, 2.05) is 43.0 Å². The molecule has 0 saturated heterocycles. The number of nitrogens with zero attached hydrogens (tertiary/aromatic N) is 1. The molecule has 0 unspecified atom stereocenters. The Morgan fingerprint density at radius 2 is 1.52 bits per heavy atom. The van der Waals surface area contributed by atoms with Crippen LogP contribution in [0.4, 0.5) is 5.69 Å². The summed E-state index contributed by atoms with van der Waals surface area (Å²) in [6.07, 6.45) is 2.30. The second kappa shape index (κ2) is 9.54. The van der Waals surface area contributed by atoms with Gasteiger partial charge in [-0.1, -0.05) is 42.5 Å². The van der Waals surface area contributed by atoms with E-state index in [1.54, 1.807) is 12.1 Å². The molecule has 4 rings (SSSR count). The minimum absolute atomic E-state index is 0. The van der Waals surface area contributed by atoms with E-state index in [4.69, 9.17) is 5.73 Å². The van der Waals surface area contributed by atoms with Crippen LogP contribution in [-0.4, -0.2) is 17.1 Å². The van der Waals surface area contributed by atoms with Gasteiger partial charge < -0.3 is 15.7 Å². The first-order chi connectivity index (χ1) is 14.4. The zero-order chi connectivity index (χ0) is 21.3. The van der Waals surface area contributed by atoms with Gasteiger partial charge in [-0.15, -0.1) is 12.4 Å². The Balaban J connectivity index is 0.00000272. The first-order valence-electron chi connectivity index (χ1n) is 10.4. The van der Waals surface area contributed by atoms with Crippen LogP contribution in [0.2, 0.25) is 0 Å². The first kappa shape index (κ1) is 22.9. The number of phenolic OH excluding ortho intramolecular Hbond substituents is 1. The lowest BCUT2D eigenvalue weighted by Crippen LogP contribution is -2.45. The molecule has 3 aromatic rings. The number of hydrogen-bond acceptors (Lipinski definition) is 3. The Morgan fingerprint density at radius 1 is 0.968 bits per heavy atom. The number of benzene rings is 3. The molecule has 1 atom stereocenters. The predicted molar refractivity (Wildman–Crippen MR) is 128 cm³/mol. The number of phenols is 1. The van der Waals surface area contributed by atoms with Gasteiger partial charge in [-0.25, -0.2) is 0 Å². The Bertz CT molecular complexity index is 1070. The molecule has 0 saturated carbocycles. The standard InChI is InChI=1S/C26H28N2O2.ClH/c1-17-13-22(29)14-18(2)23(17)15-24(27)26(30)28-16-21-9-4-3-7-19(21)11-12-20-8-5-6-10-25(20)28;/h3-10,13-14,24,29H,11-12,15-16,27H2,1-2H3;1H/t24-;/m0./s1. The van der Waals surface area contributed by atoms with Gasteiger partial charge in [0.2, 0.25) is 5.91 Å². The highest BCUT2D eigenvalue weighted by atomic mass is 35.5. The molecule has 1 aliphatic heterocycles. The summed E-state index contributed by atoms with van der Waals surface area (Å²) in [6, 6.07) is 19.2. The number of carbonyl (C=O) groups is 1. The molecule has 3 N–H and O–H groups in total. The topological polar surface area (TPSA) is 66.6 Å². The van der Waals surface area contributed by atoms with Crippen molar-refractivity contribution < 1.29 is 9.90 Å². The summed E-state index contributed by atoms with van der Waals surface area (Å²) in [5.74, 6) is 0.161. The Kier molecular flexibility index (Phi) is 7.04. The van der Waals surface area contributed by atoms with E-state index in [-0.39, 0.29) is 24.1 Å². The van der Waals surface area contributed by atoms with Crippen molar-refractivity contribution in [3.05, 3.63) is 94.0 Å². The molecule has 0 radical (unpaired) electrons. The second-order valence-corrected chi connectivity index (χ2v) is 8.19. The van der Waals surface area contributed by atoms with Crippen molar-refractivity contribution in [3.63, 3.8) is 0 Å². The molecule has 0 spiro atoms. The number of nitrogens with two attached hydrogens (primary N) is 1. The van der Waals surface area contributed by atoms with Gasteiger partial charge in [0.1, 0.15) is 5.75 Å². The average Bonchev–Trinajstić information content (AvgIpc) is 2.71. The summed E-state index contributed by atoms with van der Waals surface area (Å²) in [7, 11) is 0. The molecule has 1 aliphatic rings. The van der Waals surface area contributed by atoms with Gasteiger partial charge in [0.05, 0.1) is 12.6 Å². The smallest absolute Gasteiger partial charge is 0.244 e. The van der Waals surface area contributed by atoms with Crippen molar-refractivity contribution in [2.45, 2.75) is 45.7 Å². The van der Waals surface area contributed by atoms with Crippen LogP contribution < -0.4 is 10.6 Å². The van der Waals surface area contributed by atoms with Gasteiger partial charge in [0.15, 0.2) is 0 Å². The molecule has 1 heterocycles. The Morgan fingerprint density at radius 3 is 2.19 bits per heavy atom. The fraction of sp³-hybridized carbons (Fsp3) is 0.269. The molecular weight excluding hydrogens is 408 g/mol. The maximum absolute atomic E-state index is 13.6. The van der Waals surface area contributed by atoms with E-state index in [2.05, 4.69) is 24.3 Å². The number of para-hydroxylation sites is 1. The first-order valence-corrected chi connectivity index (χ1v) is 10.4. The molecular formula is C26H29ClN2O2. The van der Waals surface area contributed by atoms with Crippen molar-refractivity contribution in [3.8, 4) is 5.75 Å². The minimum atomic E-state index is -0.661. The van der Waals surface area contributed by atoms with E-state index in [1.165, 1.54) is 16.7 Å². The maximum Gasteiger partial charge on any atom is 0.244 e. The third-order valence-electron chi connectivity index (χ3n) is 6.08. The molecule has 1 amide bonds. The van der Waals surface area contributed by atoms with Crippen molar-refractivity contribution in [2.75, 3.05) is 4.90 Å². The lowest BCUT2D eigenvalue weighted by atomic mass is 9.93. The molecule has 5 heteroatoms. The Labute approximate surface area is 190 Å². The van der Waals surface area contributed by atoms with Crippen molar-refractivity contribution in [1.29, 1.82) is 0 Å². The van der Waals surface area contributed by atoms with E-state index in [0.29, 0.717) is 13.0 Å². The second-order valence-electron chi connectivity index (χ2n) is 8.19. The molecule has 31 heavy (non-hydrogen) atoms. The van der Waals surface area contributed by atoms with Crippen LogP contribution in [-0.2, 0) is 30.6 Å². The Hall–Kier alpha value is -2.82. The van der Waals surface area contributed by atoms with E-state index >= 15 is 0 Å². The summed E-state index contributed by atoms with van der Waals surface area (Å²) >= 11 is 0. The largest absolute Gasteiger partial charge is 0.508 e. The van der Waals surface area contributed by atoms with Crippen molar-refractivity contribution in [2.24, 2.45) is 5.73 Å². The number of fused-ring (bicyclic) bond motifs is 2. The van der Waals surface area contributed by atoms with Crippen LogP contribution in [0, 0.1) is 13.8 Å². The SMILES string of the molecule is Cc1cc(O)cc(C)c1C[C@H](N)C(=O)N1Cc2ccccc2CCc2ccccc21.Cl. The van der Waals surface area contributed by atoms with Gasteiger partial charge >= 0.3 is 0 Å². The quantitative estimate of drug-likeness (QED) is 0.628. The number of anilines is 1. The summed E-state index contributed by atoms with van der Waals surface area (Å²) in [5, 5.41) is 9.82. The van der Waals surface area contributed by atoms with Crippen LogP contribution in [0.3, 0.4) is 0 Å². The van der Waals surface area contributed by atoms with Gasteiger partial charge in [-0.3, -0.25) is 4.79 Å². The third-order valence-corrected chi connectivity index (χ3v) is 6.08. The lowest BCUT2D eigenvalue weighted by molar-refractivity contribution is -0.120. The fourth-order valence-electron chi connectivity index (χ4n) is 4.46. The number of aromatic hydroxyl groups is 1. The zero-order valence-corrected chi connectivity index (χ0v) is 18.8. The number of halogens is 1. The lowest BCUT2D eigenvalue weighted by Gasteiger charge is -2.31. The van der Waals surface area contributed by atoms with Crippen LogP contribution in [0.25, 0.3) is 0 Å². The number of hydrogen-bond donors (Lipinski definition) is 2. The minimum Gasteiger partial charge on any atom is -0.508 e. The van der Waals surface area contributed by atoms with Crippen LogP contribution in [0.1, 0.15) is 33.4 Å². The third kappa shape index (κ3) is 4.76. The van der Waals surface area contributed by atoms with Crippen LogP contribution in [0.5, 0.6) is 5.75 Å². The van der Waals surface area contributed by atoms with Gasteiger partial charge in [0.25, 0.3) is 0 Å². The van der Waals surface area contributed by atoms with Crippen molar-refractivity contribution in [1.82, 2.24) is 0 Å². The molecule has 162 valence electrons. The maximum atomic E-state index is 13.6. The molecule has 4 nitrogen and oxygen atoms in total. The van der Waals surface area contributed by atoms with E-state index in [9.17, 15) is 9.90 Å². The van der Waals surface area contributed by atoms with E-state index < -0.39 is 6.04 Å². The number of carbonyl (C=O) groups excluding carboxylic acids is 1. The highest BCUT2D eigenvalue weighted by Gasteiger charge is 2.27. The summed E-state index contributed by atoms with van der Waals surface area (Å²) in [4.78, 5) is 15.4. The van der Waals surface area contributed by atoms with Gasteiger partial charge in [-0.05, 0) is 84.7 Å². The monoisotopic (exact) mass is 436 g/mol. The van der Waals surface area contributed by atoms with E-state index in [0.717, 1.165) is 35.2 Å². The molecule has 0 bridgehead atoms. The normalized spacial score (nSPS) is 13.8. The average molecular weight is 437 g/mol. The van der Waals surface area contributed by atoms with Gasteiger partial charge in [0, 0.05) is 5.69 Å². The molecule has 0 aliphatic carbocycles. The molecule has 0 aromatic heterocycles. The van der Waals surface area contributed by atoms with Crippen LogP contribution in [0.15, 0.2) is 60.7 Å². The summed E-state index contributed by atoms with van der Waals surface area (Å²) in [6.45, 7) is 4.41. The predicted octanol–water partition coefficient (Wildman–Crippen LogP) is 4.63. The number of amides is 1. The molecule has 3 aromatic carbocycles. The molecule has 0 fully saturated rings. The van der Waals surface area contributed by atoms with Crippen molar-refractivity contribution >= 4 is 24.0 Å².